The van der Waals surface area contributed by atoms with E-state index in [1.165, 1.54) is 16.4 Å². The van der Waals surface area contributed by atoms with E-state index >= 15 is 0 Å². The molecule has 0 saturated heterocycles. The summed E-state index contributed by atoms with van der Waals surface area (Å²) in [5.41, 5.74) is 1.88. The molecule has 3 N–H and O–H groups in total. The summed E-state index contributed by atoms with van der Waals surface area (Å²) < 4.78 is 26.4. The topological polar surface area (TPSA) is 119 Å². The Kier molecular flexibility index (Phi) is 6.06. The van der Waals surface area contributed by atoms with E-state index in [0.29, 0.717) is 25.9 Å². The quantitative estimate of drug-likeness (QED) is 0.428. The number of benzene rings is 1. The van der Waals surface area contributed by atoms with Crippen molar-refractivity contribution in [1.82, 2.24) is 4.31 Å². The maximum atomic E-state index is 12.5. The Morgan fingerprint density at radius 3 is 2.29 bits per heavy atom. The molecular formula is C12H20N4O4S. The van der Waals surface area contributed by atoms with Gasteiger partial charge in [-0.3, -0.25) is 16.0 Å². The van der Waals surface area contributed by atoms with E-state index in [1.54, 1.807) is 0 Å². The van der Waals surface area contributed by atoms with E-state index in [1.807, 2.05) is 13.8 Å². The van der Waals surface area contributed by atoms with Crippen molar-refractivity contribution >= 4 is 21.4 Å². The zero-order chi connectivity index (χ0) is 16.0. The standard InChI is InChI=1S/C12H20N4O4S/c1-3-7-15(8-4-2)21(19,20)10-5-6-11(14-13)12(9-10)16(17)18/h5-6,9,14H,3-4,7-8,13H2,1-2H3. The summed E-state index contributed by atoms with van der Waals surface area (Å²) in [5, 5.41) is 11.0. The molecule has 1 rings (SSSR count). The molecule has 0 radical (unpaired) electrons. The highest BCUT2D eigenvalue weighted by Crippen LogP contribution is 2.28. The normalized spacial score (nSPS) is 11.6. The van der Waals surface area contributed by atoms with Crippen LogP contribution in [0, 0.1) is 10.1 Å². The molecule has 0 aliphatic rings. The highest BCUT2D eigenvalue weighted by molar-refractivity contribution is 7.89. The van der Waals surface area contributed by atoms with Crippen molar-refractivity contribution < 1.29 is 13.3 Å². The fourth-order valence-electron chi connectivity index (χ4n) is 1.95. The largest absolute Gasteiger partial charge is 0.318 e. The molecule has 0 spiro atoms. The molecule has 0 amide bonds. The third kappa shape index (κ3) is 3.90. The molecule has 0 aliphatic carbocycles. The molecule has 0 aliphatic heterocycles. The van der Waals surface area contributed by atoms with Crippen molar-refractivity contribution in [3.8, 4) is 0 Å². The van der Waals surface area contributed by atoms with Gasteiger partial charge < -0.3 is 5.43 Å². The predicted octanol–water partition coefficient (Wildman–Crippen LogP) is 1.69. The van der Waals surface area contributed by atoms with Gasteiger partial charge >= 0.3 is 0 Å². The van der Waals surface area contributed by atoms with Crippen LogP contribution >= 0.6 is 0 Å². The second-order valence-electron chi connectivity index (χ2n) is 4.48. The number of nitrogens with two attached hydrogens (primary N) is 1. The summed E-state index contributed by atoms with van der Waals surface area (Å²) in [6, 6.07) is 3.64. The molecule has 0 bridgehead atoms. The zero-order valence-electron chi connectivity index (χ0n) is 12.1. The van der Waals surface area contributed by atoms with E-state index < -0.39 is 14.9 Å². The summed E-state index contributed by atoms with van der Waals surface area (Å²) in [5.74, 6) is 5.19. The fourth-order valence-corrected chi connectivity index (χ4v) is 3.59. The van der Waals surface area contributed by atoms with Crippen LogP contribution in [0.3, 0.4) is 0 Å². The molecule has 9 heteroatoms. The Morgan fingerprint density at radius 1 is 1.29 bits per heavy atom. The Balaban J connectivity index is 3.30. The first kappa shape index (κ1) is 17.3. The number of hydrazine groups is 1. The number of nitro benzene ring substituents is 1. The molecule has 21 heavy (non-hydrogen) atoms. The Morgan fingerprint density at radius 2 is 1.86 bits per heavy atom. The monoisotopic (exact) mass is 316 g/mol. The molecule has 8 nitrogen and oxygen atoms in total. The molecule has 0 atom stereocenters. The van der Waals surface area contributed by atoms with E-state index in [4.69, 9.17) is 5.84 Å². The van der Waals surface area contributed by atoms with Crippen LogP contribution in [0.15, 0.2) is 23.1 Å². The van der Waals surface area contributed by atoms with Crippen molar-refractivity contribution in [2.75, 3.05) is 18.5 Å². The summed E-state index contributed by atoms with van der Waals surface area (Å²) in [4.78, 5) is 10.2. The van der Waals surface area contributed by atoms with Gasteiger partial charge in [0.05, 0.1) is 9.82 Å². The molecule has 1 aromatic rings. The van der Waals surface area contributed by atoms with Crippen LogP contribution < -0.4 is 11.3 Å². The highest BCUT2D eigenvalue weighted by Gasteiger charge is 2.26. The first-order chi connectivity index (χ1) is 9.88. The average Bonchev–Trinajstić information content (AvgIpc) is 2.46. The summed E-state index contributed by atoms with van der Waals surface area (Å²) in [7, 11) is -3.75. The Bertz CT molecular complexity index is 597. The third-order valence-electron chi connectivity index (χ3n) is 2.91. The van der Waals surface area contributed by atoms with Gasteiger partial charge in [0.2, 0.25) is 10.0 Å². The van der Waals surface area contributed by atoms with E-state index in [-0.39, 0.29) is 16.3 Å². The lowest BCUT2D eigenvalue weighted by atomic mass is 10.3. The fraction of sp³-hybridized carbons (Fsp3) is 0.500. The van der Waals surface area contributed by atoms with Gasteiger partial charge in [-0.1, -0.05) is 13.8 Å². The van der Waals surface area contributed by atoms with Crippen LogP contribution in [0.1, 0.15) is 26.7 Å². The van der Waals surface area contributed by atoms with Crippen molar-refractivity contribution in [2.45, 2.75) is 31.6 Å². The molecule has 0 heterocycles. The number of hydrogen-bond donors (Lipinski definition) is 2. The van der Waals surface area contributed by atoms with E-state index in [0.717, 1.165) is 6.07 Å². The Labute approximate surface area is 124 Å². The van der Waals surface area contributed by atoms with Crippen LogP contribution in [0.4, 0.5) is 11.4 Å². The van der Waals surface area contributed by atoms with Crippen molar-refractivity contribution in [3.05, 3.63) is 28.3 Å². The third-order valence-corrected chi connectivity index (χ3v) is 4.80. The minimum Gasteiger partial charge on any atom is -0.318 e. The number of hydrogen-bond acceptors (Lipinski definition) is 6. The highest BCUT2D eigenvalue weighted by atomic mass is 32.2. The summed E-state index contributed by atoms with van der Waals surface area (Å²) >= 11 is 0. The molecule has 0 unspecified atom stereocenters. The maximum absolute atomic E-state index is 12.5. The van der Waals surface area contributed by atoms with E-state index in [2.05, 4.69) is 5.43 Å². The molecule has 0 aromatic heterocycles. The van der Waals surface area contributed by atoms with Gasteiger partial charge in [-0.25, -0.2) is 8.42 Å². The lowest BCUT2D eigenvalue weighted by Gasteiger charge is -2.21. The van der Waals surface area contributed by atoms with Gasteiger partial charge in [-0.15, -0.1) is 0 Å². The number of rotatable bonds is 8. The van der Waals surface area contributed by atoms with Crippen molar-refractivity contribution in [2.24, 2.45) is 5.84 Å². The minimum absolute atomic E-state index is 0.0662. The van der Waals surface area contributed by atoms with Gasteiger partial charge in [-0.2, -0.15) is 4.31 Å². The van der Waals surface area contributed by atoms with Gasteiger partial charge in [0.15, 0.2) is 0 Å². The molecular weight excluding hydrogens is 296 g/mol. The Hall–Kier alpha value is -1.71. The molecule has 0 saturated carbocycles. The molecule has 118 valence electrons. The second-order valence-corrected chi connectivity index (χ2v) is 6.42. The minimum atomic E-state index is -3.75. The summed E-state index contributed by atoms with van der Waals surface area (Å²) in [6.07, 6.45) is 1.34. The SMILES string of the molecule is CCCN(CCC)S(=O)(=O)c1ccc(NN)c([N+](=O)[O-])c1. The lowest BCUT2D eigenvalue weighted by Crippen LogP contribution is -2.32. The van der Waals surface area contributed by atoms with Crippen LogP contribution in [0.2, 0.25) is 0 Å². The van der Waals surface area contributed by atoms with Crippen LogP contribution in [-0.4, -0.2) is 30.7 Å². The van der Waals surface area contributed by atoms with E-state index in [9.17, 15) is 18.5 Å². The second kappa shape index (κ2) is 7.34. The van der Waals surface area contributed by atoms with Crippen LogP contribution in [-0.2, 0) is 10.0 Å². The number of nitrogens with zero attached hydrogens (tertiary/aromatic N) is 2. The predicted molar refractivity (Wildman–Crippen MR) is 80.2 cm³/mol. The smallest absolute Gasteiger partial charge is 0.294 e. The average molecular weight is 316 g/mol. The van der Waals surface area contributed by atoms with Gasteiger partial charge in [0, 0.05) is 19.2 Å². The zero-order valence-corrected chi connectivity index (χ0v) is 12.9. The number of sulfonamides is 1. The summed E-state index contributed by atoms with van der Waals surface area (Å²) in [6.45, 7) is 4.51. The van der Waals surface area contributed by atoms with Gasteiger partial charge in [0.1, 0.15) is 5.69 Å². The number of nitro groups is 1. The number of nitrogens with one attached hydrogen (secondary N) is 1. The van der Waals surface area contributed by atoms with Crippen molar-refractivity contribution in [3.63, 3.8) is 0 Å². The van der Waals surface area contributed by atoms with Crippen molar-refractivity contribution in [1.29, 1.82) is 0 Å². The van der Waals surface area contributed by atoms with Gasteiger partial charge in [-0.05, 0) is 25.0 Å². The van der Waals surface area contributed by atoms with Crippen LogP contribution in [0.5, 0.6) is 0 Å². The molecule has 1 aromatic carbocycles. The van der Waals surface area contributed by atoms with Gasteiger partial charge in [0.25, 0.3) is 5.69 Å². The maximum Gasteiger partial charge on any atom is 0.294 e. The first-order valence-electron chi connectivity index (χ1n) is 6.63. The first-order valence-corrected chi connectivity index (χ1v) is 8.07. The number of anilines is 1. The van der Waals surface area contributed by atoms with Crippen LogP contribution in [0.25, 0.3) is 0 Å². The molecule has 0 fully saturated rings. The number of nitrogen functional groups attached to an aromatic ring is 1. The lowest BCUT2D eigenvalue weighted by molar-refractivity contribution is -0.384.